The lowest BCUT2D eigenvalue weighted by atomic mass is 10.1. The molecule has 0 unspecified atom stereocenters. The molecule has 2 aromatic rings. The molecular formula is C18H19NO4. The van der Waals surface area contributed by atoms with Crippen molar-refractivity contribution in [2.75, 3.05) is 12.4 Å². The van der Waals surface area contributed by atoms with Gasteiger partial charge in [-0.15, -0.1) is 0 Å². The number of carbonyl (C=O) groups excluding carboxylic acids is 2. The third-order valence-corrected chi connectivity index (χ3v) is 3.25. The smallest absolute Gasteiger partial charge is 0.311 e. The van der Waals surface area contributed by atoms with Gasteiger partial charge in [-0.1, -0.05) is 24.6 Å². The number of methoxy groups -OCH3 is 1. The van der Waals surface area contributed by atoms with E-state index in [1.807, 2.05) is 31.2 Å². The van der Waals surface area contributed by atoms with Crippen LogP contribution in [-0.4, -0.2) is 19.0 Å². The Hall–Kier alpha value is -2.82. The largest absolute Gasteiger partial charge is 0.493 e. The number of benzene rings is 2. The molecule has 1 N–H and O–H groups in total. The SMILES string of the molecule is CCC(=O)Oc1ccc(C(=O)Nc2ccc(C)cc2)cc1OC. The molecule has 2 aromatic carbocycles. The molecule has 0 aliphatic rings. The summed E-state index contributed by atoms with van der Waals surface area (Å²) in [6.07, 6.45) is 0.263. The van der Waals surface area contributed by atoms with Gasteiger partial charge in [0.25, 0.3) is 5.91 Å². The van der Waals surface area contributed by atoms with Gasteiger partial charge in [0.15, 0.2) is 11.5 Å². The van der Waals surface area contributed by atoms with E-state index in [4.69, 9.17) is 9.47 Å². The van der Waals surface area contributed by atoms with Gasteiger partial charge in [0.1, 0.15) is 0 Å². The van der Waals surface area contributed by atoms with Crippen LogP contribution in [0.5, 0.6) is 11.5 Å². The number of aryl methyl sites for hydroxylation is 1. The molecule has 5 nitrogen and oxygen atoms in total. The summed E-state index contributed by atoms with van der Waals surface area (Å²) in [5, 5.41) is 2.81. The molecule has 1 amide bonds. The Balaban J connectivity index is 2.17. The Bertz CT molecular complexity index is 707. The molecular weight excluding hydrogens is 294 g/mol. The van der Waals surface area contributed by atoms with E-state index in [2.05, 4.69) is 5.32 Å². The van der Waals surface area contributed by atoms with Gasteiger partial charge in [-0.05, 0) is 37.3 Å². The van der Waals surface area contributed by atoms with Crippen LogP contribution < -0.4 is 14.8 Å². The number of hydrogen-bond donors (Lipinski definition) is 1. The quantitative estimate of drug-likeness (QED) is 0.677. The van der Waals surface area contributed by atoms with E-state index in [9.17, 15) is 9.59 Å². The van der Waals surface area contributed by atoms with Crippen molar-refractivity contribution in [1.82, 2.24) is 0 Å². The molecule has 0 saturated carbocycles. The second-order valence-corrected chi connectivity index (χ2v) is 5.01. The summed E-state index contributed by atoms with van der Waals surface area (Å²) in [5.41, 5.74) is 2.24. The number of nitrogens with one attached hydrogen (secondary N) is 1. The lowest BCUT2D eigenvalue weighted by molar-refractivity contribution is -0.134. The third kappa shape index (κ3) is 4.32. The maximum absolute atomic E-state index is 12.3. The fourth-order valence-corrected chi connectivity index (χ4v) is 1.93. The van der Waals surface area contributed by atoms with Gasteiger partial charge in [0.2, 0.25) is 0 Å². The van der Waals surface area contributed by atoms with Crippen LogP contribution in [0.15, 0.2) is 42.5 Å². The Kier molecular flexibility index (Phi) is 5.36. The Morgan fingerprint density at radius 3 is 2.35 bits per heavy atom. The van der Waals surface area contributed by atoms with Gasteiger partial charge in [-0.2, -0.15) is 0 Å². The lowest BCUT2D eigenvalue weighted by Crippen LogP contribution is -2.12. The number of rotatable bonds is 5. The summed E-state index contributed by atoms with van der Waals surface area (Å²) in [7, 11) is 1.46. The highest BCUT2D eigenvalue weighted by molar-refractivity contribution is 6.04. The highest BCUT2D eigenvalue weighted by atomic mass is 16.6. The highest BCUT2D eigenvalue weighted by Gasteiger charge is 2.13. The van der Waals surface area contributed by atoms with Crippen LogP contribution in [0.2, 0.25) is 0 Å². The van der Waals surface area contributed by atoms with E-state index < -0.39 is 0 Å². The first-order chi connectivity index (χ1) is 11.0. The molecule has 120 valence electrons. The van der Waals surface area contributed by atoms with Crippen LogP contribution in [0.1, 0.15) is 29.3 Å². The first-order valence-electron chi connectivity index (χ1n) is 7.30. The van der Waals surface area contributed by atoms with E-state index in [1.54, 1.807) is 25.1 Å². The van der Waals surface area contributed by atoms with Crippen molar-refractivity contribution in [1.29, 1.82) is 0 Å². The molecule has 0 heterocycles. The number of ether oxygens (including phenoxy) is 2. The number of hydrogen-bond acceptors (Lipinski definition) is 4. The van der Waals surface area contributed by atoms with Crippen LogP contribution in [0, 0.1) is 6.92 Å². The van der Waals surface area contributed by atoms with Gasteiger partial charge in [0, 0.05) is 17.7 Å². The number of esters is 1. The molecule has 23 heavy (non-hydrogen) atoms. The first kappa shape index (κ1) is 16.5. The maximum Gasteiger partial charge on any atom is 0.311 e. The molecule has 5 heteroatoms. The molecule has 0 aliphatic heterocycles. The zero-order valence-corrected chi connectivity index (χ0v) is 13.4. The predicted octanol–water partition coefficient (Wildman–Crippen LogP) is 3.57. The average molecular weight is 313 g/mol. The van der Waals surface area contributed by atoms with Gasteiger partial charge in [-0.3, -0.25) is 9.59 Å². The Morgan fingerprint density at radius 2 is 1.74 bits per heavy atom. The van der Waals surface area contributed by atoms with Gasteiger partial charge < -0.3 is 14.8 Å². The normalized spacial score (nSPS) is 10.0. The fourth-order valence-electron chi connectivity index (χ4n) is 1.93. The maximum atomic E-state index is 12.3. The number of carbonyl (C=O) groups is 2. The minimum atomic E-state index is -0.361. The second kappa shape index (κ2) is 7.45. The van der Waals surface area contributed by atoms with Crippen LogP contribution >= 0.6 is 0 Å². The molecule has 2 rings (SSSR count). The molecule has 0 bridgehead atoms. The summed E-state index contributed by atoms with van der Waals surface area (Å²) in [6.45, 7) is 3.69. The van der Waals surface area contributed by atoms with Crippen molar-refractivity contribution in [3.05, 3.63) is 53.6 Å². The summed E-state index contributed by atoms with van der Waals surface area (Å²) in [5.74, 6) is 0.00951. The van der Waals surface area contributed by atoms with Crippen molar-refractivity contribution in [3.63, 3.8) is 0 Å². The minimum Gasteiger partial charge on any atom is -0.493 e. The minimum absolute atomic E-state index is 0.263. The Labute approximate surface area is 135 Å². The third-order valence-electron chi connectivity index (χ3n) is 3.25. The van der Waals surface area contributed by atoms with Crippen LogP contribution in [0.25, 0.3) is 0 Å². The first-order valence-corrected chi connectivity index (χ1v) is 7.30. The van der Waals surface area contributed by atoms with E-state index >= 15 is 0 Å². The van der Waals surface area contributed by atoms with Gasteiger partial charge >= 0.3 is 5.97 Å². The Morgan fingerprint density at radius 1 is 1.04 bits per heavy atom. The average Bonchev–Trinajstić information content (AvgIpc) is 2.57. The standard InChI is InChI=1S/C18H19NO4/c1-4-17(20)23-15-10-7-13(11-16(15)22-3)18(21)19-14-8-5-12(2)6-9-14/h5-11H,4H2,1-3H3,(H,19,21). The van der Waals surface area contributed by atoms with Crippen molar-refractivity contribution in [3.8, 4) is 11.5 Å². The lowest BCUT2D eigenvalue weighted by Gasteiger charge is -2.11. The topological polar surface area (TPSA) is 64.6 Å². The molecule has 0 saturated heterocycles. The summed E-state index contributed by atoms with van der Waals surface area (Å²) in [4.78, 5) is 23.7. The number of anilines is 1. The molecule has 0 radical (unpaired) electrons. The van der Waals surface area contributed by atoms with Crippen LogP contribution in [0.3, 0.4) is 0 Å². The fraction of sp³-hybridized carbons (Fsp3) is 0.222. The predicted molar refractivity (Wildman–Crippen MR) is 88.1 cm³/mol. The molecule has 0 aromatic heterocycles. The molecule has 0 fully saturated rings. The van der Waals surface area contributed by atoms with Crippen molar-refractivity contribution < 1.29 is 19.1 Å². The zero-order valence-electron chi connectivity index (χ0n) is 13.4. The van der Waals surface area contributed by atoms with E-state index in [1.165, 1.54) is 7.11 Å². The van der Waals surface area contributed by atoms with Crippen molar-refractivity contribution >= 4 is 17.6 Å². The van der Waals surface area contributed by atoms with Crippen molar-refractivity contribution in [2.24, 2.45) is 0 Å². The van der Waals surface area contributed by atoms with Crippen LogP contribution in [0.4, 0.5) is 5.69 Å². The number of amides is 1. The summed E-state index contributed by atoms with van der Waals surface area (Å²) >= 11 is 0. The van der Waals surface area contributed by atoms with E-state index in [-0.39, 0.29) is 18.3 Å². The van der Waals surface area contributed by atoms with Crippen molar-refractivity contribution in [2.45, 2.75) is 20.3 Å². The summed E-state index contributed by atoms with van der Waals surface area (Å²) < 4.78 is 10.3. The molecule has 0 spiro atoms. The monoisotopic (exact) mass is 313 g/mol. The highest BCUT2D eigenvalue weighted by Crippen LogP contribution is 2.28. The van der Waals surface area contributed by atoms with Gasteiger partial charge in [-0.25, -0.2) is 0 Å². The van der Waals surface area contributed by atoms with E-state index in [0.29, 0.717) is 22.7 Å². The zero-order chi connectivity index (χ0) is 16.8. The molecule has 0 aliphatic carbocycles. The van der Waals surface area contributed by atoms with E-state index in [0.717, 1.165) is 5.56 Å². The second-order valence-electron chi connectivity index (χ2n) is 5.01. The van der Waals surface area contributed by atoms with Gasteiger partial charge in [0.05, 0.1) is 7.11 Å². The summed E-state index contributed by atoms with van der Waals surface area (Å²) in [6, 6.07) is 12.2. The van der Waals surface area contributed by atoms with Crippen LogP contribution in [-0.2, 0) is 4.79 Å². The molecule has 0 atom stereocenters.